The second-order valence-electron chi connectivity index (χ2n) is 6.33. The van der Waals surface area contributed by atoms with Gasteiger partial charge in [0.1, 0.15) is 18.1 Å². The third-order valence-electron chi connectivity index (χ3n) is 3.52. The van der Waals surface area contributed by atoms with Crippen LogP contribution in [0, 0.1) is 5.82 Å². The first-order valence-corrected chi connectivity index (χ1v) is 8.00. The Bertz CT molecular complexity index is 615. The minimum Gasteiger partial charge on any atom is -0.473 e. The molecule has 0 aliphatic heterocycles. The van der Waals surface area contributed by atoms with Crippen molar-refractivity contribution in [3.63, 3.8) is 0 Å². The quantitative estimate of drug-likeness (QED) is 0.705. The van der Waals surface area contributed by atoms with Crippen molar-refractivity contribution in [2.75, 3.05) is 0 Å². The Labute approximate surface area is 136 Å². The average molecular weight is 322 g/mol. The van der Waals surface area contributed by atoms with Gasteiger partial charge < -0.3 is 4.74 Å². The number of hydrogen-bond donors (Lipinski definition) is 0. The van der Waals surface area contributed by atoms with E-state index in [1.807, 2.05) is 6.07 Å². The topological polar surface area (TPSA) is 27.1 Å². The molecule has 3 nitrogen and oxygen atoms in total. The summed E-state index contributed by atoms with van der Waals surface area (Å²) >= 11 is 0. The van der Waals surface area contributed by atoms with E-state index >= 15 is 0 Å². The van der Waals surface area contributed by atoms with Gasteiger partial charge in [-0.3, -0.25) is 0 Å². The molecule has 0 N–H and O–H groups in total. The molecule has 0 saturated carbocycles. The fourth-order valence-electron chi connectivity index (χ4n) is 2.21. The smallest absolute Gasteiger partial charge is 0.212 e. The molecule has 1 aromatic heterocycles. The van der Waals surface area contributed by atoms with Gasteiger partial charge in [0.25, 0.3) is 0 Å². The average Bonchev–Trinajstić information content (AvgIpc) is 2.86. The van der Waals surface area contributed by atoms with E-state index in [-0.39, 0.29) is 5.82 Å². The maximum atomic E-state index is 13.7. The Hall–Kier alpha value is -1.91. The monoisotopic (exact) mass is 322 g/mol. The Morgan fingerprint density at radius 3 is 2.52 bits per heavy atom. The predicted molar refractivity (Wildman–Crippen MR) is 86.8 cm³/mol. The predicted octanol–water partition coefficient (Wildman–Crippen LogP) is 4.69. The number of aryl methyl sites for hydroxylation is 2. The molecule has 0 saturated heterocycles. The summed E-state index contributed by atoms with van der Waals surface area (Å²) in [4.78, 5) is 0. The molecular weight excluding hydrogens is 298 g/mol. The first-order chi connectivity index (χ1) is 10.9. The summed E-state index contributed by atoms with van der Waals surface area (Å²) in [5, 5.41) is 4.49. The van der Waals surface area contributed by atoms with Crippen molar-refractivity contribution in [3.8, 4) is 5.88 Å². The summed E-state index contributed by atoms with van der Waals surface area (Å²) < 4.78 is 34.2. The highest BCUT2D eigenvalue weighted by Gasteiger charge is 2.17. The number of aromatic nitrogens is 2. The van der Waals surface area contributed by atoms with Crippen LogP contribution in [0.2, 0.25) is 0 Å². The second kappa shape index (κ2) is 7.57. The van der Waals surface area contributed by atoms with Crippen LogP contribution in [-0.4, -0.2) is 15.4 Å². The van der Waals surface area contributed by atoms with Crippen LogP contribution in [0.15, 0.2) is 30.3 Å². The Morgan fingerprint density at radius 1 is 1.22 bits per heavy atom. The van der Waals surface area contributed by atoms with Gasteiger partial charge in [0.05, 0.1) is 5.69 Å². The van der Waals surface area contributed by atoms with Crippen LogP contribution in [0.5, 0.6) is 5.88 Å². The van der Waals surface area contributed by atoms with Gasteiger partial charge in [0.15, 0.2) is 0 Å². The number of benzene rings is 1. The zero-order valence-corrected chi connectivity index (χ0v) is 14.0. The molecule has 0 amide bonds. The summed E-state index contributed by atoms with van der Waals surface area (Å²) in [7, 11) is 0. The zero-order valence-electron chi connectivity index (χ0n) is 14.0. The molecule has 0 aliphatic rings. The number of hydrogen-bond acceptors (Lipinski definition) is 2. The lowest BCUT2D eigenvalue weighted by molar-refractivity contribution is 0.183. The van der Waals surface area contributed by atoms with Gasteiger partial charge in [-0.25, -0.2) is 13.5 Å². The second-order valence-corrected chi connectivity index (χ2v) is 6.33. The van der Waals surface area contributed by atoms with Gasteiger partial charge in [0.2, 0.25) is 5.88 Å². The van der Waals surface area contributed by atoms with E-state index in [1.54, 1.807) is 30.7 Å². The van der Waals surface area contributed by atoms with E-state index in [0.717, 1.165) is 24.1 Å². The number of alkyl halides is 1. The van der Waals surface area contributed by atoms with E-state index in [0.29, 0.717) is 25.5 Å². The molecule has 0 bridgehead atoms. The number of halogens is 2. The lowest BCUT2D eigenvalue weighted by Crippen LogP contribution is -2.17. The number of rotatable bonds is 8. The molecule has 2 rings (SSSR count). The van der Waals surface area contributed by atoms with Crippen LogP contribution < -0.4 is 4.74 Å². The first-order valence-electron chi connectivity index (χ1n) is 8.00. The Morgan fingerprint density at radius 2 is 1.91 bits per heavy atom. The first kappa shape index (κ1) is 17.4. The van der Waals surface area contributed by atoms with Crippen molar-refractivity contribution in [1.29, 1.82) is 0 Å². The lowest BCUT2D eigenvalue weighted by Gasteiger charge is -2.15. The molecule has 0 fully saturated rings. The van der Waals surface area contributed by atoms with Gasteiger partial charge in [-0.2, -0.15) is 5.10 Å². The highest BCUT2D eigenvalue weighted by atomic mass is 19.1. The Kier molecular flexibility index (Phi) is 5.74. The molecular formula is C18H24F2N2O. The molecule has 1 aromatic carbocycles. The summed E-state index contributed by atoms with van der Waals surface area (Å²) in [6.07, 6.45) is 2.22. The van der Waals surface area contributed by atoms with Gasteiger partial charge in [-0.15, -0.1) is 0 Å². The third-order valence-corrected chi connectivity index (χ3v) is 3.52. The molecule has 0 atom stereocenters. The summed E-state index contributed by atoms with van der Waals surface area (Å²) in [5.41, 5.74) is 0.575. The van der Waals surface area contributed by atoms with Crippen molar-refractivity contribution in [3.05, 3.63) is 47.4 Å². The summed E-state index contributed by atoms with van der Waals surface area (Å²) in [6, 6.07) is 8.09. The van der Waals surface area contributed by atoms with Crippen LogP contribution in [0.1, 0.15) is 44.9 Å². The van der Waals surface area contributed by atoms with Crippen LogP contribution in [0.4, 0.5) is 8.78 Å². The molecule has 0 aliphatic carbocycles. The Balaban J connectivity index is 2.06. The summed E-state index contributed by atoms with van der Waals surface area (Å²) in [6.45, 7) is 6.00. The van der Waals surface area contributed by atoms with Crippen molar-refractivity contribution < 1.29 is 13.5 Å². The maximum Gasteiger partial charge on any atom is 0.212 e. The third kappa shape index (κ3) is 5.66. The number of nitrogens with zero attached hydrogens (tertiary/aromatic N) is 2. The van der Waals surface area contributed by atoms with E-state index in [4.69, 9.17) is 4.74 Å². The lowest BCUT2D eigenvalue weighted by atomic mass is 10.1. The van der Waals surface area contributed by atoms with Crippen molar-refractivity contribution >= 4 is 0 Å². The highest BCUT2D eigenvalue weighted by molar-refractivity contribution is 5.19. The molecule has 5 heteroatoms. The summed E-state index contributed by atoms with van der Waals surface area (Å²) in [5.74, 6) is 0.358. The largest absolute Gasteiger partial charge is 0.473 e. The fourth-order valence-corrected chi connectivity index (χ4v) is 2.21. The van der Waals surface area contributed by atoms with Crippen LogP contribution in [0.3, 0.4) is 0 Å². The SMILES string of the molecule is CCCc1cc(OCc2ccc(F)cc2)n(CCC(C)(C)F)n1. The number of ether oxygens (including phenoxy) is 1. The molecule has 0 unspecified atom stereocenters. The van der Waals surface area contributed by atoms with Gasteiger partial charge in [-0.1, -0.05) is 25.5 Å². The molecule has 0 radical (unpaired) electrons. The molecule has 0 spiro atoms. The molecule has 126 valence electrons. The van der Waals surface area contributed by atoms with Crippen LogP contribution >= 0.6 is 0 Å². The molecule has 1 heterocycles. The fraction of sp³-hybridized carbons (Fsp3) is 0.500. The normalized spacial score (nSPS) is 11.7. The van der Waals surface area contributed by atoms with Crippen molar-refractivity contribution in [1.82, 2.24) is 9.78 Å². The minimum absolute atomic E-state index is 0.269. The molecule has 2 aromatic rings. The maximum absolute atomic E-state index is 13.7. The highest BCUT2D eigenvalue weighted by Crippen LogP contribution is 2.21. The van der Waals surface area contributed by atoms with Gasteiger partial charge in [-0.05, 0) is 38.0 Å². The standard InChI is InChI=1S/C18H24F2N2O/c1-4-5-16-12-17(22(21-16)11-10-18(2,3)20)23-13-14-6-8-15(19)9-7-14/h6-9,12H,4-5,10-11,13H2,1-3H3. The van der Waals surface area contributed by atoms with E-state index in [9.17, 15) is 8.78 Å². The van der Waals surface area contributed by atoms with Crippen molar-refractivity contribution in [2.24, 2.45) is 0 Å². The van der Waals surface area contributed by atoms with E-state index in [1.165, 1.54) is 12.1 Å². The van der Waals surface area contributed by atoms with E-state index < -0.39 is 5.67 Å². The zero-order chi connectivity index (χ0) is 16.9. The van der Waals surface area contributed by atoms with Crippen molar-refractivity contribution in [2.45, 2.75) is 58.9 Å². The van der Waals surface area contributed by atoms with E-state index in [2.05, 4.69) is 12.0 Å². The van der Waals surface area contributed by atoms with Gasteiger partial charge in [0, 0.05) is 19.0 Å². The van der Waals surface area contributed by atoms with Crippen LogP contribution in [-0.2, 0) is 19.6 Å². The molecule has 23 heavy (non-hydrogen) atoms. The van der Waals surface area contributed by atoms with Crippen LogP contribution in [0.25, 0.3) is 0 Å². The minimum atomic E-state index is -1.24. The van der Waals surface area contributed by atoms with Gasteiger partial charge >= 0.3 is 0 Å².